The van der Waals surface area contributed by atoms with Gasteiger partial charge < -0.3 is 26.0 Å². The fraction of sp³-hybridized carbons (Fsp3) is 0.818. The zero-order valence-electron chi connectivity index (χ0n) is 13.3. The van der Waals surface area contributed by atoms with Crippen LogP contribution in [-0.4, -0.2) is 79.4 Å². The summed E-state index contributed by atoms with van der Waals surface area (Å²) in [5.41, 5.74) is 2.79. The van der Waals surface area contributed by atoms with Crippen molar-refractivity contribution in [2.24, 2.45) is 11.8 Å². The van der Waals surface area contributed by atoms with Gasteiger partial charge in [0, 0.05) is 26.6 Å². The van der Waals surface area contributed by atoms with Crippen LogP contribution in [-0.2, 0) is 9.59 Å². The van der Waals surface area contributed by atoms with Crippen LogP contribution in [0.5, 0.6) is 0 Å². The van der Waals surface area contributed by atoms with Gasteiger partial charge in [0.15, 0.2) is 0 Å². The second-order valence-corrected chi connectivity index (χ2v) is 5.32. The van der Waals surface area contributed by atoms with Crippen LogP contribution < -0.4 is 16.4 Å². The number of nitrogens with one attached hydrogen (secondary N) is 1. The van der Waals surface area contributed by atoms with Crippen LogP contribution >= 0.6 is 0 Å². The van der Waals surface area contributed by atoms with Crippen molar-refractivity contribution in [3.05, 3.63) is 0 Å². The normalized spacial score (nSPS) is 11.4. The van der Waals surface area contributed by atoms with Gasteiger partial charge in [-0.1, -0.05) is 0 Å². The average Bonchev–Trinajstić information content (AvgIpc) is 2.13. The molecule has 0 heterocycles. The molecular formula is C11H30N4O6. The van der Waals surface area contributed by atoms with Gasteiger partial charge in [-0.15, -0.1) is 0 Å². The van der Waals surface area contributed by atoms with Crippen LogP contribution in [0.2, 0.25) is 0 Å². The van der Waals surface area contributed by atoms with Crippen molar-refractivity contribution >= 4 is 11.9 Å². The Bertz CT molecular complexity index is 274. The second-order valence-electron chi connectivity index (χ2n) is 5.32. The number of quaternary nitrogens is 1. The molecule has 0 fully saturated rings. The van der Waals surface area contributed by atoms with Crippen molar-refractivity contribution in [1.29, 1.82) is 0 Å². The minimum Gasteiger partial charge on any atom is -0.550 e. The molecule has 0 saturated heterocycles. The van der Waals surface area contributed by atoms with E-state index in [4.69, 9.17) is 10.9 Å². The van der Waals surface area contributed by atoms with E-state index in [1.54, 1.807) is 19.1 Å². The zero-order valence-corrected chi connectivity index (χ0v) is 13.3. The third-order valence-corrected chi connectivity index (χ3v) is 1.70. The molecule has 1 unspecified atom stereocenters. The van der Waals surface area contributed by atoms with Crippen molar-refractivity contribution in [3.63, 3.8) is 0 Å². The first-order valence-corrected chi connectivity index (χ1v) is 5.87. The van der Waals surface area contributed by atoms with Crippen LogP contribution in [0.15, 0.2) is 0 Å². The molecule has 130 valence electrons. The minimum absolute atomic E-state index is 0. The number of carbonyl (C=O) groups is 2. The van der Waals surface area contributed by atoms with Crippen LogP contribution in [0, 0.1) is 5.92 Å². The van der Waals surface area contributed by atoms with Gasteiger partial charge in [0.1, 0.15) is 0 Å². The van der Waals surface area contributed by atoms with Crippen LogP contribution in [0.4, 0.5) is 0 Å². The lowest BCUT2D eigenvalue weighted by molar-refractivity contribution is -0.882. The minimum atomic E-state index is -1.22. The molecule has 0 aromatic carbocycles. The Balaban J connectivity index is -0.000000179. The maximum atomic E-state index is 10.7. The molecule has 0 aliphatic rings. The fourth-order valence-corrected chi connectivity index (χ4v) is 0.898. The molecule has 0 saturated carbocycles. The number of aliphatic carboxylic acids is 2. The standard InChI is InChI=1S/C8H16N2O4.C3H11N2.2H2O/c1-10(2)9-5-6(8(13)14)3-4-7(11)12;1-5(2,3)4;;/h6,9H,3-5H2,1-2H3,(H,11,12)(H,13,14);4H2,1-3H3;2*1H2/q;+1;;/p-1. The van der Waals surface area contributed by atoms with E-state index in [0.29, 0.717) is 4.59 Å². The lowest BCUT2D eigenvalue weighted by Crippen LogP contribution is -2.41. The van der Waals surface area contributed by atoms with Gasteiger partial charge in [0.2, 0.25) is 0 Å². The Morgan fingerprint density at radius 1 is 1.29 bits per heavy atom. The Kier molecular flexibility index (Phi) is 18.2. The van der Waals surface area contributed by atoms with Crippen molar-refractivity contribution in [2.45, 2.75) is 12.8 Å². The first kappa shape index (κ1) is 27.9. The Hall–Kier alpha value is -1.30. The molecule has 0 aromatic rings. The van der Waals surface area contributed by atoms with Crippen molar-refractivity contribution in [2.75, 3.05) is 41.8 Å². The maximum Gasteiger partial charge on any atom is 0.307 e. The van der Waals surface area contributed by atoms with Gasteiger partial charge in [0.25, 0.3) is 0 Å². The first-order chi connectivity index (χ1) is 8.43. The van der Waals surface area contributed by atoms with E-state index in [1.165, 1.54) is 0 Å². The highest BCUT2D eigenvalue weighted by Gasteiger charge is 2.16. The van der Waals surface area contributed by atoms with Gasteiger partial charge in [0.05, 0.1) is 27.1 Å². The summed E-state index contributed by atoms with van der Waals surface area (Å²) in [7, 11) is 9.18. The summed E-state index contributed by atoms with van der Waals surface area (Å²) in [5, 5.41) is 20.5. The number of carboxylic acid groups (broad SMARTS) is 2. The summed E-state index contributed by atoms with van der Waals surface area (Å²) >= 11 is 0. The van der Waals surface area contributed by atoms with Crippen LogP contribution in [0.25, 0.3) is 0 Å². The van der Waals surface area contributed by atoms with Crippen molar-refractivity contribution < 1.29 is 35.3 Å². The molecule has 21 heavy (non-hydrogen) atoms. The number of carbonyl (C=O) groups excluding carboxylic acids is 1. The number of carboxylic acids is 2. The quantitative estimate of drug-likeness (QED) is 0.244. The van der Waals surface area contributed by atoms with Gasteiger partial charge in [-0.3, -0.25) is 19.8 Å². The fourth-order valence-electron chi connectivity index (χ4n) is 0.898. The summed E-state index contributed by atoms with van der Waals surface area (Å²) in [4.78, 5) is 20.8. The highest BCUT2D eigenvalue weighted by Crippen LogP contribution is 2.05. The molecular weight excluding hydrogens is 284 g/mol. The van der Waals surface area contributed by atoms with E-state index in [9.17, 15) is 14.7 Å². The number of rotatable bonds is 7. The molecule has 8 N–H and O–H groups in total. The van der Waals surface area contributed by atoms with Gasteiger partial charge >= 0.3 is 5.97 Å². The topological polar surface area (TPSA) is 182 Å². The lowest BCUT2D eigenvalue weighted by atomic mass is 10.0. The molecule has 0 rings (SSSR count). The monoisotopic (exact) mass is 314 g/mol. The SMILES string of the molecule is CN(C)NCC(CCC(=O)[O-])C(=O)O.C[N+](C)(C)N.O.O. The number of hydrogen-bond donors (Lipinski definition) is 3. The summed E-state index contributed by atoms with van der Waals surface area (Å²) in [6, 6.07) is 0. The number of hydrogen-bond acceptors (Lipinski definition) is 6. The van der Waals surface area contributed by atoms with Gasteiger partial charge in [-0.25, -0.2) is 0 Å². The highest BCUT2D eigenvalue weighted by molar-refractivity contribution is 5.71. The highest BCUT2D eigenvalue weighted by atomic mass is 16.4. The summed E-state index contributed by atoms with van der Waals surface area (Å²) in [5.74, 6) is 2.37. The van der Waals surface area contributed by atoms with E-state index >= 15 is 0 Å². The summed E-state index contributed by atoms with van der Waals surface area (Å²) < 4.78 is 0.500. The molecule has 0 aliphatic carbocycles. The Morgan fingerprint density at radius 3 is 1.90 bits per heavy atom. The summed E-state index contributed by atoms with van der Waals surface area (Å²) in [6.07, 6.45) is -0.148. The average molecular weight is 314 g/mol. The van der Waals surface area contributed by atoms with E-state index in [0.717, 1.165) is 0 Å². The number of nitrogens with two attached hydrogens (primary N) is 1. The maximum absolute atomic E-state index is 10.7. The zero-order chi connectivity index (χ0) is 15.6. The third-order valence-electron chi connectivity index (χ3n) is 1.70. The van der Waals surface area contributed by atoms with E-state index in [-0.39, 0.29) is 30.3 Å². The third kappa shape index (κ3) is 32.3. The Morgan fingerprint density at radius 2 is 1.67 bits per heavy atom. The Labute approximate surface area is 125 Å². The van der Waals surface area contributed by atoms with Gasteiger partial charge in [-0.2, -0.15) is 5.84 Å². The molecule has 0 spiro atoms. The largest absolute Gasteiger partial charge is 0.550 e. The molecule has 0 aliphatic heterocycles. The molecule has 0 radical (unpaired) electrons. The van der Waals surface area contributed by atoms with Gasteiger partial charge in [-0.05, 0) is 12.8 Å². The summed E-state index contributed by atoms with van der Waals surface area (Å²) in [6.45, 7) is 0.218. The van der Waals surface area contributed by atoms with E-state index in [2.05, 4.69) is 5.43 Å². The lowest BCUT2D eigenvalue weighted by Gasteiger charge is -2.17. The van der Waals surface area contributed by atoms with E-state index < -0.39 is 17.9 Å². The van der Waals surface area contributed by atoms with E-state index in [1.807, 2.05) is 21.1 Å². The predicted molar refractivity (Wildman–Crippen MR) is 76.5 cm³/mol. The smallest absolute Gasteiger partial charge is 0.307 e. The molecule has 0 amide bonds. The van der Waals surface area contributed by atoms with Crippen molar-refractivity contribution in [1.82, 2.24) is 10.4 Å². The molecule has 1 atom stereocenters. The first-order valence-electron chi connectivity index (χ1n) is 5.87. The van der Waals surface area contributed by atoms with Crippen molar-refractivity contribution in [3.8, 4) is 0 Å². The molecule has 10 heteroatoms. The number of hydrazine groups is 1. The number of nitrogens with zero attached hydrogens (tertiary/aromatic N) is 2. The predicted octanol–water partition coefficient (Wildman–Crippen LogP) is -3.80. The van der Waals surface area contributed by atoms with Crippen LogP contribution in [0.1, 0.15) is 12.8 Å². The molecule has 10 nitrogen and oxygen atoms in total. The molecule has 0 bridgehead atoms. The second kappa shape index (κ2) is 13.7. The molecule has 0 aromatic heterocycles. The van der Waals surface area contributed by atoms with Crippen LogP contribution in [0.3, 0.4) is 0 Å².